The van der Waals surface area contributed by atoms with Gasteiger partial charge in [0.25, 0.3) is 0 Å². The van der Waals surface area contributed by atoms with Crippen LogP contribution in [-0.2, 0) is 6.54 Å². The van der Waals surface area contributed by atoms with Crippen molar-refractivity contribution in [2.24, 2.45) is 5.73 Å². The van der Waals surface area contributed by atoms with Crippen molar-refractivity contribution in [3.63, 3.8) is 0 Å². The molecule has 0 fully saturated rings. The molecule has 0 radical (unpaired) electrons. The highest BCUT2D eigenvalue weighted by Crippen LogP contribution is 2.22. The average Bonchev–Trinajstić information content (AvgIpc) is 2.81. The zero-order valence-electron chi connectivity index (χ0n) is 10.1. The lowest BCUT2D eigenvalue weighted by Gasteiger charge is -2.06. The fourth-order valence-corrected chi connectivity index (χ4v) is 1.75. The van der Waals surface area contributed by atoms with Crippen molar-refractivity contribution in [3.05, 3.63) is 35.8 Å². The van der Waals surface area contributed by atoms with Crippen molar-refractivity contribution in [2.45, 2.75) is 13.0 Å². The first-order valence-corrected chi connectivity index (χ1v) is 5.76. The molecule has 0 bridgehead atoms. The summed E-state index contributed by atoms with van der Waals surface area (Å²) in [6.45, 7) is 0.925. The molecular weight excluding hydrogens is 251 g/mol. The van der Waals surface area contributed by atoms with Gasteiger partial charge in [0.2, 0.25) is 0 Å². The van der Waals surface area contributed by atoms with E-state index in [2.05, 4.69) is 10.3 Å². The highest BCUT2D eigenvalue weighted by molar-refractivity contribution is 5.92. The van der Waals surface area contributed by atoms with Gasteiger partial charge in [0.15, 0.2) is 5.69 Å². The van der Waals surface area contributed by atoms with E-state index in [4.69, 9.17) is 10.8 Å². The molecule has 2 rings (SSSR count). The van der Waals surface area contributed by atoms with Gasteiger partial charge in [0.05, 0.1) is 0 Å². The molecule has 0 amide bonds. The molecule has 3 N–H and O–H groups in total. The van der Waals surface area contributed by atoms with Crippen molar-refractivity contribution < 1.29 is 14.3 Å². The number of rotatable bonds is 5. The van der Waals surface area contributed by atoms with E-state index in [1.165, 1.54) is 28.9 Å². The number of aromatic nitrogens is 3. The Morgan fingerprint density at radius 2 is 2.05 bits per heavy atom. The molecule has 0 spiro atoms. The van der Waals surface area contributed by atoms with E-state index < -0.39 is 5.97 Å². The van der Waals surface area contributed by atoms with E-state index in [0.717, 1.165) is 0 Å². The molecule has 0 atom stereocenters. The van der Waals surface area contributed by atoms with Crippen molar-refractivity contribution in [2.75, 3.05) is 6.54 Å². The molecule has 1 aromatic heterocycles. The van der Waals surface area contributed by atoms with Gasteiger partial charge in [0, 0.05) is 12.1 Å². The fourth-order valence-electron chi connectivity index (χ4n) is 1.75. The lowest BCUT2D eigenvalue weighted by Crippen LogP contribution is -2.09. The maximum Gasteiger partial charge on any atom is 0.358 e. The Bertz CT molecular complexity index is 580. The van der Waals surface area contributed by atoms with Crippen molar-refractivity contribution in [3.8, 4) is 11.3 Å². The van der Waals surface area contributed by atoms with Gasteiger partial charge in [-0.15, -0.1) is 5.10 Å². The third-order valence-electron chi connectivity index (χ3n) is 2.63. The van der Waals surface area contributed by atoms with Gasteiger partial charge in [-0.25, -0.2) is 13.9 Å². The number of aromatic carboxylic acids is 1. The summed E-state index contributed by atoms with van der Waals surface area (Å²) >= 11 is 0. The zero-order chi connectivity index (χ0) is 13.8. The van der Waals surface area contributed by atoms with Gasteiger partial charge in [-0.3, -0.25) is 0 Å². The summed E-state index contributed by atoms with van der Waals surface area (Å²) < 4.78 is 14.4. The van der Waals surface area contributed by atoms with Crippen LogP contribution in [0.3, 0.4) is 0 Å². The highest BCUT2D eigenvalue weighted by Gasteiger charge is 2.20. The van der Waals surface area contributed by atoms with Gasteiger partial charge in [-0.2, -0.15) is 0 Å². The minimum absolute atomic E-state index is 0.149. The minimum atomic E-state index is -1.17. The molecule has 100 valence electrons. The number of carboxylic acids is 1. The average molecular weight is 264 g/mol. The molecular formula is C12H13FN4O2. The van der Waals surface area contributed by atoms with Gasteiger partial charge < -0.3 is 10.8 Å². The summed E-state index contributed by atoms with van der Waals surface area (Å²) in [5, 5.41) is 16.6. The topological polar surface area (TPSA) is 94.0 Å². The number of carboxylic acid groups (broad SMARTS) is 1. The van der Waals surface area contributed by atoms with Crippen LogP contribution in [-0.4, -0.2) is 32.6 Å². The number of hydrogen-bond donors (Lipinski definition) is 2. The molecule has 7 heteroatoms. The van der Waals surface area contributed by atoms with Crippen molar-refractivity contribution in [1.29, 1.82) is 0 Å². The monoisotopic (exact) mass is 264 g/mol. The number of halogens is 1. The van der Waals surface area contributed by atoms with Crippen LogP contribution in [0.1, 0.15) is 16.9 Å². The van der Waals surface area contributed by atoms with Crippen LogP contribution in [0.5, 0.6) is 0 Å². The van der Waals surface area contributed by atoms with Crippen molar-refractivity contribution in [1.82, 2.24) is 15.0 Å². The van der Waals surface area contributed by atoms with Crippen LogP contribution in [0, 0.1) is 5.82 Å². The van der Waals surface area contributed by atoms with Crippen molar-refractivity contribution >= 4 is 5.97 Å². The van der Waals surface area contributed by atoms with Gasteiger partial charge in [-0.05, 0) is 37.2 Å². The molecule has 0 aliphatic heterocycles. The first kappa shape index (κ1) is 13.2. The second-order valence-corrected chi connectivity index (χ2v) is 3.96. The van der Waals surface area contributed by atoms with E-state index in [1.807, 2.05) is 0 Å². The first-order valence-electron chi connectivity index (χ1n) is 5.76. The zero-order valence-corrected chi connectivity index (χ0v) is 10.1. The largest absolute Gasteiger partial charge is 0.476 e. The summed E-state index contributed by atoms with van der Waals surface area (Å²) in [5.41, 5.74) is 6.19. The minimum Gasteiger partial charge on any atom is -0.476 e. The quantitative estimate of drug-likeness (QED) is 0.844. The molecule has 0 unspecified atom stereocenters. The second-order valence-electron chi connectivity index (χ2n) is 3.96. The lowest BCUT2D eigenvalue weighted by atomic mass is 10.1. The van der Waals surface area contributed by atoms with E-state index in [1.54, 1.807) is 0 Å². The summed E-state index contributed by atoms with van der Waals surface area (Å²) in [7, 11) is 0. The predicted molar refractivity (Wildman–Crippen MR) is 66.0 cm³/mol. The number of nitrogens with zero attached hydrogens (tertiary/aromatic N) is 3. The molecule has 0 aliphatic carbocycles. The van der Waals surface area contributed by atoms with Crippen LogP contribution in [0.15, 0.2) is 24.3 Å². The van der Waals surface area contributed by atoms with E-state index in [9.17, 15) is 9.18 Å². The van der Waals surface area contributed by atoms with E-state index >= 15 is 0 Å². The smallest absolute Gasteiger partial charge is 0.358 e. The normalized spacial score (nSPS) is 10.6. The van der Waals surface area contributed by atoms with Gasteiger partial charge in [0.1, 0.15) is 11.5 Å². The number of aryl methyl sites for hydroxylation is 1. The first-order chi connectivity index (χ1) is 9.13. The van der Waals surface area contributed by atoms with Crippen LogP contribution in [0.25, 0.3) is 11.3 Å². The number of carbonyl (C=O) groups is 1. The summed E-state index contributed by atoms with van der Waals surface area (Å²) in [6, 6.07) is 5.53. The Hall–Kier alpha value is -2.28. The van der Waals surface area contributed by atoms with Crippen LogP contribution < -0.4 is 5.73 Å². The standard InChI is InChI=1S/C12H13FN4O2/c13-9-4-2-8(3-5-9)11-10(12(18)19)15-16-17(11)7-1-6-14/h2-5H,1,6-7,14H2,(H,18,19). The molecule has 1 heterocycles. The van der Waals surface area contributed by atoms with E-state index in [0.29, 0.717) is 30.8 Å². The molecule has 0 saturated heterocycles. The number of benzene rings is 1. The molecule has 0 aliphatic rings. The summed E-state index contributed by atoms with van der Waals surface area (Å²) in [6.07, 6.45) is 0.649. The Morgan fingerprint density at radius 3 is 2.63 bits per heavy atom. The second kappa shape index (κ2) is 5.57. The lowest BCUT2D eigenvalue weighted by molar-refractivity contribution is 0.0691. The Morgan fingerprint density at radius 1 is 1.37 bits per heavy atom. The third-order valence-corrected chi connectivity index (χ3v) is 2.63. The Balaban J connectivity index is 2.47. The maximum atomic E-state index is 12.9. The molecule has 6 nitrogen and oxygen atoms in total. The molecule has 0 saturated carbocycles. The maximum absolute atomic E-state index is 12.9. The SMILES string of the molecule is NCCCn1nnc(C(=O)O)c1-c1ccc(F)cc1. The summed E-state index contributed by atoms with van der Waals surface area (Å²) in [4.78, 5) is 11.1. The summed E-state index contributed by atoms with van der Waals surface area (Å²) in [5.74, 6) is -1.56. The molecule has 2 aromatic rings. The van der Waals surface area contributed by atoms with Gasteiger partial charge in [-0.1, -0.05) is 5.21 Å². The molecule has 1 aromatic carbocycles. The number of nitrogens with two attached hydrogens (primary N) is 1. The van der Waals surface area contributed by atoms with Gasteiger partial charge >= 0.3 is 5.97 Å². The Kier molecular flexibility index (Phi) is 3.86. The predicted octanol–water partition coefficient (Wildman–Crippen LogP) is 1.13. The fraction of sp³-hybridized carbons (Fsp3) is 0.250. The van der Waals surface area contributed by atoms with Crippen LogP contribution >= 0.6 is 0 Å². The highest BCUT2D eigenvalue weighted by atomic mass is 19.1. The Labute approximate surface area is 108 Å². The van der Waals surface area contributed by atoms with Crippen LogP contribution in [0.4, 0.5) is 4.39 Å². The third kappa shape index (κ3) is 2.76. The van der Waals surface area contributed by atoms with E-state index in [-0.39, 0.29) is 11.5 Å². The van der Waals surface area contributed by atoms with Crippen LogP contribution in [0.2, 0.25) is 0 Å². The molecule has 19 heavy (non-hydrogen) atoms. The number of hydrogen-bond acceptors (Lipinski definition) is 4.